The number of carbonyl (C=O) groups is 1. The molecule has 0 bridgehead atoms. The monoisotopic (exact) mass is 267 g/mol. The Kier molecular flexibility index (Phi) is 5.88. The third-order valence-corrected chi connectivity index (χ3v) is 5.03. The van der Waals surface area contributed by atoms with Gasteiger partial charge in [-0.3, -0.25) is 4.79 Å². The lowest BCUT2D eigenvalue weighted by Crippen LogP contribution is -2.50. The molecule has 0 aliphatic carbocycles. The van der Waals surface area contributed by atoms with Crippen LogP contribution in [0, 0.1) is 17.3 Å². The Hall–Kier alpha value is -0.530. The lowest BCUT2D eigenvalue weighted by molar-refractivity contribution is -0.137. The van der Waals surface area contributed by atoms with Gasteiger partial charge in [-0.1, -0.05) is 48.0 Å². The summed E-state index contributed by atoms with van der Waals surface area (Å²) in [7, 11) is 0. The van der Waals surface area contributed by atoms with Gasteiger partial charge in [0, 0.05) is 19.0 Å². The first-order valence-corrected chi connectivity index (χ1v) is 8.06. The molecule has 1 atom stereocenters. The van der Waals surface area contributed by atoms with Crippen LogP contribution in [0.3, 0.4) is 0 Å². The number of carbonyl (C=O) groups excluding carboxylic acids is 1. The summed E-state index contributed by atoms with van der Waals surface area (Å²) in [6.07, 6.45) is 5.33. The van der Waals surface area contributed by atoms with E-state index in [1.54, 1.807) is 0 Å². The van der Waals surface area contributed by atoms with Crippen molar-refractivity contribution >= 4 is 5.91 Å². The Bertz CT molecular complexity index is 294. The molecule has 1 heterocycles. The van der Waals surface area contributed by atoms with E-state index in [1.807, 2.05) is 0 Å². The molecule has 0 aromatic heterocycles. The SMILES string of the molecule is CC(C)CC(N1CCCCCC1=O)C(C)(C)C(C)C. The smallest absolute Gasteiger partial charge is 0.222 e. The van der Waals surface area contributed by atoms with Crippen LogP contribution in [0.25, 0.3) is 0 Å². The van der Waals surface area contributed by atoms with E-state index in [0.717, 1.165) is 25.8 Å². The molecule has 19 heavy (non-hydrogen) atoms. The summed E-state index contributed by atoms with van der Waals surface area (Å²) in [4.78, 5) is 14.6. The number of amides is 1. The quantitative estimate of drug-likeness (QED) is 0.719. The van der Waals surface area contributed by atoms with Gasteiger partial charge in [-0.05, 0) is 36.5 Å². The highest BCUT2D eigenvalue weighted by atomic mass is 16.2. The Morgan fingerprint density at radius 3 is 2.26 bits per heavy atom. The molecule has 1 fully saturated rings. The van der Waals surface area contributed by atoms with Crippen molar-refractivity contribution in [3.05, 3.63) is 0 Å². The molecule has 1 amide bonds. The van der Waals surface area contributed by atoms with Crippen molar-refractivity contribution in [2.75, 3.05) is 6.54 Å². The molecule has 1 aliphatic rings. The Balaban J connectivity index is 2.97. The summed E-state index contributed by atoms with van der Waals surface area (Å²) < 4.78 is 0. The minimum Gasteiger partial charge on any atom is -0.339 e. The number of hydrogen-bond acceptors (Lipinski definition) is 1. The second-order valence-corrected chi connectivity index (χ2v) is 7.52. The van der Waals surface area contributed by atoms with Gasteiger partial charge in [0.15, 0.2) is 0 Å². The average Bonchev–Trinajstić information content (AvgIpc) is 2.50. The zero-order valence-corrected chi connectivity index (χ0v) is 13.8. The summed E-state index contributed by atoms with van der Waals surface area (Å²) >= 11 is 0. The zero-order valence-electron chi connectivity index (χ0n) is 13.8. The Morgan fingerprint density at radius 2 is 1.74 bits per heavy atom. The van der Waals surface area contributed by atoms with Crippen molar-refractivity contribution in [2.24, 2.45) is 17.3 Å². The molecule has 1 aliphatic heterocycles. The predicted molar refractivity (Wildman–Crippen MR) is 82.0 cm³/mol. The number of rotatable bonds is 5. The lowest BCUT2D eigenvalue weighted by atomic mass is 9.71. The van der Waals surface area contributed by atoms with Crippen LogP contribution in [0.15, 0.2) is 0 Å². The van der Waals surface area contributed by atoms with Gasteiger partial charge in [-0.15, -0.1) is 0 Å². The lowest BCUT2D eigenvalue weighted by Gasteiger charge is -2.45. The van der Waals surface area contributed by atoms with Gasteiger partial charge < -0.3 is 4.90 Å². The molecule has 2 heteroatoms. The van der Waals surface area contributed by atoms with Crippen LogP contribution >= 0.6 is 0 Å². The summed E-state index contributed by atoms with van der Waals surface area (Å²) in [5, 5.41) is 0. The normalized spacial score (nSPS) is 20.0. The summed E-state index contributed by atoms with van der Waals surface area (Å²) in [6.45, 7) is 14.8. The van der Waals surface area contributed by atoms with Crippen LogP contribution < -0.4 is 0 Å². The summed E-state index contributed by atoms with van der Waals surface area (Å²) in [5.74, 6) is 1.61. The topological polar surface area (TPSA) is 20.3 Å². The van der Waals surface area contributed by atoms with Gasteiger partial charge in [0.2, 0.25) is 5.91 Å². The van der Waals surface area contributed by atoms with Crippen molar-refractivity contribution in [3.8, 4) is 0 Å². The number of hydrogen-bond donors (Lipinski definition) is 0. The molecule has 112 valence electrons. The molecule has 0 saturated carbocycles. The average molecular weight is 267 g/mol. The number of nitrogens with zero attached hydrogens (tertiary/aromatic N) is 1. The van der Waals surface area contributed by atoms with Crippen LogP contribution in [0.1, 0.15) is 73.6 Å². The molecule has 0 spiro atoms. The van der Waals surface area contributed by atoms with E-state index in [2.05, 4.69) is 46.4 Å². The van der Waals surface area contributed by atoms with Gasteiger partial charge >= 0.3 is 0 Å². The van der Waals surface area contributed by atoms with Crippen LogP contribution in [0.2, 0.25) is 0 Å². The third-order valence-electron chi connectivity index (χ3n) is 5.03. The molecule has 0 N–H and O–H groups in total. The first-order valence-electron chi connectivity index (χ1n) is 8.06. The molecule has 0 radical (unpaired) electrons. The van der Waals surface area contributed by atoms with Crippen LogP contribution in [0.5, 0.6) is 0 Å². The Labute approximate surface area is 119 Å². The Morgan fingerprint density at radius 1 is 1.11 bits per heavy atom. The molecule has 1 rings (SSSR count). The highest BCUT2D eigenvalue weighted by molar-refractivity contribution is 5.76. The number of likely N-dealkylation sites (tertiary alicyclic amines) is 1. The fraction of sp³-hybridized carbons (Fsp3) is 0.941. The molecule has 0 aromatic rings. The standard InChI is InChI=1S/C17H33NO/c1-13(2)12-15(17(5,6)14(3)4)18-11-9-7-8-10-16(18)19/h13-15H,7-12H2,1-6H3. The third kappa shape index (κ3) is 4.22. The van der Waals surface area contributed by atoms with Crippen LogP contribution in [0.4, 0.5) is 0 Å². The second kappa shape index (κ2) is 6.76. The van der Waals surface area contributed by atoms with Crippen molar-refractivity contribution < 1.29 is 4.79 Å². The van der Waals surface area contributed by atoms with E-state index in [0.29, 0.717) is 23.8 Å². The van der Waals surface area contributed by atoms with Crippen LogP contribution in [-0.4, -0.2) is 23.4 Å². The van der Waals surface area contributed by atoms with Crippen molar-refractivity contribution in [1.29, 1.82) is 0 Å². The van der Waals surface area contributed by atoms with E-state index in [-0.39, 0.29) is 5.41 Å². The van der Waals surface area contributed by atoms with Gasteiger partial charge in [0.1, 0.15) is 0 Å². The predicted octanol–water partition coefficient (Wildman–Crippen LogP) is 4.49. The minimum absolute atomic E-state index is 0.185. The maximum absolute atomic E-state index is 12.4. The summed E-state index contributed by atoms with van der Waals surface area (Å²) in [6, 6.07) is 0.387. The fourth-order valence-corrected chi connectivity index (χ4v) is 3.00. The first kappa shape index (κ1) is 16.5. The van der Waals surface area contributed by atoms with E-state index < -0.39 is 0 Å². The van der Waals surface area contributed by atoms with Gasteiger partial charge in [-0.2, -0.15) is 0 Å². The van der Waals surface area contributed by atoms with Crippen molar-refractivity contribution in [2.45, 2.75) is 79.7 Å². The maximum Gasteiger partial charge on any atom is 0.222 e. The molecular weight excluding hydrogens is 234 g/mol. The zero-order chi connectivity index (χ0) is 14.6. The first-order chi connectivity index (χ1) is 8.76. The molecule has 1 saturated heterocycles. The van der Waals surface area contributed by atoms with Gasteiger partial charge in [0.25, 0.3) is 0 Å². The van der Waals surface area contributed by atoms with E-state index in [1.165, 1.54) is 12.8 Å². The van der Waals surface area contributed by atoms with E-state index >= 15 is 0 Å². The largest absolute Gasteiger partial charge is 0.339 e. The van der Waals surface area contributed by atoms with Crippen molar-refractivity contribution in [1.82, 2.24) is 4.90 Å². The van der Waals surface area contributed by atoms with Crippen LogP contribution in [-0.2, 0) is 4.79 Å². The summed E-state index contributed by atoms with van der Waals surface area (Å²) in [5.41, 5.74) is 0.185. The second-order valence-electron chi connectivity index (χ2n) is 7.52. The highest BCUT2D eigenvalue weighted by Crippen LogP contribution is 2.37. The van der Waals surface area contributed by atoms with Crippen molar-refractivity contribution in [3.63, 3.8) is 0 Å². The minimum atomic E-state index is 0.185. The molecule has 2 nitrogen and oxygen atoms in total. The molecule has 0 aromatic carbocycles. The molecular formula is C17H33NO. The van der Waals surface area contributed by atoms with E-state index in [4.69, 9.17) is 0 Å². The fourth-order valence-electron chi connectivity index (χ4n) is 3.00. The van der Waals surface area contributed by atoms with E-state index in [9.17, 15) is 4.79 Å². The maximum atomic E-state index is 12.4. The van der Waals surface area contributed by atoms with Gasteiger partial charge in [0.05, 0.1) is 0 Å². The molecule has 1 unspecified atom stereocenters. The van der Waals surface area contributed by atoms with Gasteiger partial charge in [-0.25, -0.2) is 0 Å². The highest BCUT2D eigenvalue weighted by Gasteiger charge is 2.38.